The van der Waals surface area contributed by atoms with E-state index in [4.69, 9.17) is 5.73 Å². The van der Waals surface area contributed by atoms with Crippen molar-refractivity contribution in [3.8, 4) is 0 Å². The average Bonchev–Trinajstić information content (AvgIpc) is 3.19. The number of hydrogen-bond acceptors (Lipinski definition) is 4. The average molecular weight is 376 g/mol. The fourth-order valence-electron chi connectivity index (χ4n) is 1.34. The summed E-state index contributed by atoms with van der Waals surface area (Å²) in [5, 5.41) is 5.76. The summed E-state index contributed by atoms with van der Waals surface area (Å²) in [5.74, 6) is 0.179. The number of guanidine groups is 1. The van der Waals surface area contributed by atoms with Gasteiger partial charge in [-0.1, -0.05) is 0 Å². The molecule has 7 nitrogen and oxygen atoms in total. The Hall–Kier alpha value is -1.45. The SMILES string of the molecule is I.NC(=NCCNC(=O)c1cnccn1)NC1CC1. The molecule has 1 saturated carbocycles. The van der Waals surface area contributed by atoms with Crippen molar-refractivity contribution in [3.63, 3.8) is 0 Å². The Balaban J connectivity index is 0.00000180. The third-order valence-electron chi connectivity index (χ3n) is 2.40. The molecular formula is C11H17IN6O. The summed E-state index contributed by atoms with van der Waals surface area (Å²) in [6.07, 6.45) is 6.72. The van der Waals surface area contributed by atoms with Crippen molar-refractivity contribution >= 4 is 35.8 Å². The van der Waals surface area contributed by atoms with Gasteiger partial charge in [0.05, 0.1) is 12.7 Å². The third kappa shape index (κ3) is 5.81. The van der Waals surface area contributed by atoms with Crippen LogP contribution < -0.4 is 16.4 Å². The minimum atomic E-state index is -0.257. The van der Waals surface area contributed by atoms with Crippen LogP contribution in [0.25, 0.3) is 0 Å². The second-order valence-electron chi connectivity index (χ2n) is 4.03. The highest BCUT2D eigenvalue weighted by molar-refractivity contribution is 14.0. The number of hydrogen-bond donors (Lipinski definition) is 3. The summed E-state index contributed by atoms with van der Waals surface area (Å²) in [6.45, 7) is 0.861. The summed E-state index contributed by atoms with van der Waals surface area (Å²) in [5.41, 5.74) is 5.94. The Morgan fingerprint density at radius 1 is 1.47 bits per heavy atom. The normalized spacial score (nSPS) is 14.4. The van der Waals surface area contributed by atoms with Crippen molar-refractivity contribution in [1.82, 2.24) is 20.6 Å². The number of nitrogens with zero attached hydrogens (tertiary/aromatic N) is 3. The zero-order valence-electron chi connectivity index (χ0n) is 10.4. The van der Waals surface area contributed by atoms with E-state index in [-0.39, 0.29) is 29.9 Å². The van der Waals surface area contributed by atoms with E-state index in [9.17, 15) is 4.79 Å². The number of carbonyl (C=O) groups is 1. The number of amides is 1. The largest absolute Gasteiger partial charge is 0.370 e. The van der Waals surface area contributed by atoms with Crippen molar-refractivity contribution in [2.24, 2.45) is 10.7 Å². The number of nitrogens with one attached hydrogen (secondary N) is 2. The smallest absolute Gasteiger partial charge is 0.271 e. The Bertz CT molecular complexity index is 434. The third-order valence-corrected chi connectivity index (χ3v) is 2.40. The van der Waals surface area contributed by atoms with Gasteiger partial charge in [-0.15, -0.1) is 24.0 Å². The molecule has 1 aliphatic rings. The Morgan fingerprint density at radius 2 is 2.26 bits per heavy atom. The highest BCUT2D eigenvalue weighted by Gasteiger charge is 2.21. The van der Waals surface area contributed by atoms with Crippen LogP contribution in [-0.4, -0.2) is 41.0 Å². The van der Waals surface area contributed by atoms with E-state index < -0.39 is 0 Å². The van der Waals surface area contributed by atoms with Crippen molar-refractivity contribution in [2.45, 2.75) is 18.9 Å². The predicted octanol–water partition coefficient (Wildman–Crippen LogP) is -0.109. The number of aliphatic imine (C=N–C) groups is 1. The van der Waals surface area contributed by atoms with E-state index in [1.807, 2.05) is 0 Å². The van der Waals surface area contributed by atoms with Crippen LogP contribution in [0.15, 0.2) is 23.6 Å². The molecule has 0 radical (unpaired) electrons. The van der Waals surface area contributed by atoms with E-state index in [0.717, 1.165) is 12.8 Å². The Kier molecular flexibility index (Phi) is 6.46. The van der Waals surface area contributed by atoms with E-state index in [0.29, 0.717) is 30.8 Å². The predicted molar refractivity (Wildman–Crippen MR) is 82.4 cm³/mol. The monoisotopic (exact) mass is 376 g/mol. The van der Waals surface area contributed by atoms with Crippen molar-refractivity contribution in [1.29, 1.82) is 0 Å². The minimum absolute atomic E-state index is 0. The Labute approximate surface area is 128 Å². The van der Waals surface area contributed by atoms with E-state index in [1.165, 1.54) is 18.6 Å². The molecule has 0 atom stereocenters. The molecule has 104 valence electrons. The summed E-state index contributed by atoms with van der Waals surface area (Å²) in [6, 6.07) is 0.489. The molecule has 1 amide bonds. The van der Waals surface area contributed by atoms with E-state index in [1.54, 1.807) is 0 Å². The van der Waals surface area contributed by atoms with Gasteiger partial charge in [0.2, 0.25) is 0 Å². The number of rotatable bonds is 5. The van der Waals surface area contributed by atoms with Gasteiger partial charge in [-0.2, -0.15) is 0 Å². The molecule has 19 heavy (non-hydrogen) atoms. The fraction of sp³-hybridized carbons (Fsp3) is 0.455. The molecule has 0 saturated heterocycles. The minimum Gasteiger partial charge on any atom is -0.370 e. The number of aromatic nitrogens is 2. The molecule has 0 aromatic carbocycles. The van der Waals surface area contributed by atoms with Crippen molar-refractivity contribution < 1.29 is 4.79 Å². The molecule has 1 aromatic heterocycles. The first-order chi connectivity index (χ1) is 8.75. The topological polar surface area (TPSA) is 105 Å². The molecule has 2 rings (SSSR count). The maximum absolute atomic E-state index is 11.6. The maximum Gasteiger partial charge on any atom is 0.271 e. The molecule has 0 spiro atoms. The van der Waals surface area contributed by atoms with Crippen LogP contribution in [0.1, 0.15) is 23.3 Å². The lowest BCUT2D eigenvalue weighted by molar-refractivity contribution is 0.0949. The van der Waals surface area contributed by atoms with Crippen molar-refractivity contribution in [3.05, 3.63) is 24.3 Å². The molecule has 4 N–H and O–H groups in total. The molecule has 8 heteroatoms. The molecule has 0 bridgehead atoms. The van der Waals surface area contributed by atoms with Gasteiger partial charge in [0.25, 0.3) is 5.91 Å². The van der Waals surface area contributed by atoms with Crippen LogP contribution in [0.3, 0.4) is 0 Å². The lowest BCUT2D eigenvalue weighted by Gasteiger charge is -2.04. The van der Waals surface area contributed by atoms with Gasteiger partial charge in [0.1, 0.15) is 5.69 Å². The zero-order valence-corrected chi connectivity index (χ0v) is 12.7. The van der Waals surface area contributed by atoms with Gasteiger partial charge in [-0.25, -0.2) is 4.98 Å². The molecule has 1 aromatic rings. The maximum atomic E-state index is 11.6. The van der Waals surface area contributed by atoms with Gasteiger partial charge in [0, 0.05) is 25.0 Å². The summed E-state index contributed by atoms with van der Waals surface area (Å²) < 4.78 is 0. The van der Waals surface area contributed by atoms with Gasteiger partial charge >= 0.3 is 0 Å². The zero-order chi connectivity index (χ0) is 12.8. The number of nitrogens with two attached hydrogens (primary N) is 1. The highest BCUT2D eigenvalue weighted by Crippen LogP contribution is 2.17. The lowest BCUT2D eigenvalue weighted by atomic mass is 10.4. The number of carbonyl (C=O) groups excluding carboxylic acids is 1. The molecule has 1 aliphatic carbocycles. The fourth-order valence-corrected chi connectivity index (χ4v) is 1.34. The van der Waals surface area contributed by atoms with Crippen LogP contribution in [-0.2, 0) is 0 Å². The van der Waals surface area contributed by atoms with Crippen LogP contribution in [0, 0.1) is 0 Å². The lowest BCUT2D eigenvalue weighted by Crippen LogP contribution is -2.34. The summed E-state index contributed by atoms with van der Waals surface area (Å²) >= 11 is 0. The van der Waals surface area contributed by atoms with Crippen LogP contribution in [0.2, 0.25) is 0 Å². The van der Waals surface area contributed by atoms with E-state index >= 15 is 0 Å². The Morgan fingerprint density at radius 3 is 2.89 bits per heavy atom. The first-order valence-corrected chi connectivity index (χ1v) is 5.86. The molecule has 1 fully saturated rings. The van der Waals surface area contributed by atoms with E-state index in [2.05, 4.69) is 25.6 Å². The second-order valence-corrected chi connectivity index (χ2v) is 4.03. The van der Waals surface area contributed by atoms with Crippen LogP contribution in [0.5, 0.6) is 0 Å². The summed E-state index contributed by atoms with van der Waals surface area (Å²) in [4.78, 5) is 23.4. The van der Waals surface area contributed by atoms with Crippen LogP contribution in [0.4, 0.5) is 0 Å². The van der Waals surface area contributed by atoms with Crippen LogP contribution >= 0.6 is 24.0 Å². The van der Waals surface area contributed by atoms with Gasteiger partial charge in [0.15, 0.2) is 5.96 Å². The summed E-state index contributed by atoms with van der Waals surface area (Å²) in [7, 11) is 0. The second kappa shape index (κ2) is 7.87. The molecule has 0 aliphatic heterocycles. The highest BCUT2D eigenvalue weighted by atomic mass is 127. The standard InChI is InChI=1S/C11H16N6O.HI/c12-11(17-8-1-2-8)16-6-5-15-10(18)9-7-13-3-4-14-9;/h3-4,7-8H,1-2,5-6H2,(H,15,18)(H3,12,16,17);1H. The van der Waals surface area contributed by atoms with Gasteiger partial charge in [-0.3, -0.25) is 14.8 Å². The van der Waals surface area contributed by atoms with Gasteiger partial charge < -0.3 is 16.4 Å². The molecule has 0 unspecified atom stereocenters. The number of halogens is 1. The van der Waals surface area contributed by atoms with Gasteiger partial charge in [-0.05, 0) is 12.8 Å². The quantitative estimate of drug-likeness (QED) is 0.288. The first-order valence-electron chi connectivity index (χ1n) is 5.86. The first kappa shape index (κ1) is 15.6. The van der Waals surface area contributed by atoms with Crippen molar-refractivity contribution in [2.75, 3.05) is 13.1 Å². The molecular weight excluding hydrogens is 359 g/mol. The molecule has 1 heterocycles.